The maximum Gasteiger partial charge on any atom is 0.229 e. The lowest BCUT2D eigenvalue weighted by Gasteiger charge is -2.32. The molecule has 2 aromatic heterocycles. The Morgan fingerprint density at radius 1 is 1.11 bits per heavy atom. The second-order valence-electron chi connectivity index (χ2n) is 6.80. The number of carbonyl (C=O) groups excluding carboxylic acids is 1. The van der Waals surface area contributed by atoms with E-state index in [1.807, 2.05) is 36.4 Å². The molecule has 0 spiro atoms. The van der Waals surface area contributed by atoms with Crippen molar-refractivity contribution in [2.45, 2.75) is 12.8 Å². The lowest BCUT2D eigenvalue weighted by molar-refractivity contribution is -0.120. The van der Waals surface area contributed by atoms with E-state index in [1.54, 1.807) is 24.5 Å². The van der Waals surface area contributed by atoms with Gasteiger partial charge in [-0.15, -0.1) is 10.2 Å². The molecule has 28 heavy (non-hydrogen) atoms. The van der Waals surface area contributed by atoms with Crippen molar-refractivity contribution < 1.29 is 4.79 Å². The van der Waals surface area contributed by atoms with Crippen LogP contribution in [0.1, 0.15) is 12.8 Å². The number of nitrogens with one attached hydrogen (secondary N) is 1. The van der Waals surface area contributed by atoms with Gasteiger partial charge in [-0.1, -0.05) is 11.6 Å². The van der Waals surface area contributed by atoms with Gasteiger partial charge in [-0.3, -0.25) is 9.78 Å². The highest BCUT2D eigenvalue weighted by molar-refractivity contribution is 6.30. The van der Waals surface area contributed by atoms with Crippen LogP contribution < -0.4 is 10.2 Å². The molecule has 0 aliphatic carbocycles. The van der Waals surface area contributed by atoms with Crippen LogP contribution in [0.2, 0.25) is 5.02 Å². The van der Waals surface area contributed by atoms with Gasteiger partial charge in [0, 0.05) is 41.8 Å². The average Bonchev–Trinajstić information content (AvgIpc) is 2.76. The molecule has 4 rings (SSSR count). The number of rotatable bonds is 4. The molecule has 7 heteroatoms. The van der Waals surface area contributed by atoms with E-state index < -0.39 is 0 Å². The zero-order valence-corrected chi connectivity index (χ0v) is 16.0. The second-order valence-corrected chi connectivity index (χ2v) is 7.24. The van der Waals surface area contributed by atoms with Gasteiger partial charge in [0.2, 0.25) is 5.91 Å². The number of amides is 1. The van der Waals surface area contributed by atoms with Gasteiger partial charge >= 0.3 is 0 Å². The predicted molar refractivity (Wildman–Crippen MR) is 110 cm³/mol. The van der Waals surface area contributed by atoms with Gasteiger partial charge in [-0.2, -0.15) is 0 Å². The molecule has 1 aliphatic rings. The molecule has 0 bridgehead atoms. The van der Waals surface area contributed by atoms with Crippen molar-refractivity contribution in [3.63, 3.8) is 0 Å². The Morgan fingerprint density at radius 3 is 2.68 bits per heavy atom. The van der Waals surface area contributed by atoms with E-state index in [0.717, 1.165) is 42.1 Å². The fraction of sp³-hybridized carbons (Fsp3) is 0.238. The lowest BCUT2D eigenvalue weighted by atomic mass is 9.97. The van der Waals surface area contributed by atoms with Crippen LogP contribution in [-0.2, 0) is 4.79 Å². The summed E-state index contributed by atoms with van der Waals surface area (Å²) < 4.78 is 0. The molecule has 1 saturated heterocycles. The molecule has 1 atom stereocenters. The Hall–Kier alpha value is -2.99. The fourth-order valence-corrected chi connectivity index (χ4v) is 3.46. The highest BCUT2D eigenvalue weighted by atomic mass is 35.5. The number of hydrogen-bond acceptors (Lipinski definition) is 5. The first kappa shape index (κ1) is 18.4. The largest absolute Gasteiger partial charge is 0.354 e. The van der Waals surface area contributed by atoms with Crippen LogP contribution in [0.15, 0.2) is 60.9 Å². The third kappa shape index (κ3) is 4.28. The summed E-state index contributed by atoms with van der Waals surface area (Å²) in [5.74, 6) is 0.716. The first-order valence-corrected chi connectivity index (χ1v) is 9.62. The number of anilines is 2. The monoisotopic (exact) mass is 393 g/mol. The lowest BCUT2D eigenvalue weighted by Crippen LogP contribution is -2.41. The number of carbonyl (C=O) groups is 1. The SMILES string of the molecule is O=C(Nc1ccc(Cl)cc1)C1CCCN(c2ccc(-c3cccnc3)nn2)C1. The van der Waals surface area contributed by atoms with E-state index >= 15 is 0 Å². The van der Waals surface area contributed by atoms with Crippen molar-refractivity contribution >= 4 is 29.0 Å². The van der Waals surface area contributed by atoms with Gasteiger partial charge in [0.1, 0.15) is 0 Å². The van der Waals surface area contributed by atoms with Gasteiger partial charge in [0.25, 0.3) is 0 Å². The molecule has 0 radical (unpaired) electrons. The summed E-state index contributed by atoms with van der Waals surface area (Å²) in [6.07, 6.45) is 5.29. The third-order valence-corrected chi connectivity index (χ3v) is 5.09. The van der Waals surface area contributed by atoms with Crippen molar-refractivity contribution in [1.29, 1.82) is 0 Å². The number of hydrogen-bond donors (Lipinski definition) is 1. The van der Waals surface area contributed by atoms with E-state index in [0.29, 0.717) is 11.6 Å². The van der Waals surface area contributed by atoms with Crippen LogP contribution in [0.25, 0.3) is 11.3 Å². The molecular weight excluding hydrogens is 374 g/mol. The van der Waals surface area contributed by atoms with E-state index in [9.17, 15) is 4.79 Å². The van der Waals surface area contributed by atoms with Crippen LogP contribution in [-0.4, -0.2) is 34.2 Å². The third-order valence-electron chi connectivity index (χ3n) is 4.84. The molecule has 142 valence electrons. The minimum absolute atomic E-state index is 0.0203. The smallest absolute Gasteiger partial charge is 0.229 e. The highest BCUT2D eigenvalue weighted by Gasteiger charge is 2.26. The van der Waals surface area contributed by atoms with E-state index in [2.05, 4.69) is 25.4 Å². The van der Waals surface area contributed by atoms with Crippen LogP contribution in [0.4, 0.5) is 11.5 Å². The number of benzene rings is 1. The number of nitrogens with zero attached hydrogens (tertiary/aromatic N) is 4. The van der Waals surface area contributed by atoms with Gasteiger partial charge in [0.05, 0.1) is 11.6 Å². The molecule has 1 fully saturated rings. The van der Waals surface area contributed by atoms with Crippen LogP contribution in [0.3, 0.4) is 0 Å². The van der Waals surface area contributed by atoms with Crippen molar-refractivity contribution in [2.24, 2.45) is 5.92 Å². The number of halogens is 1. The Labute approximate surface area is 168 Å². The van der Waals surface area contributed by atoms with Gasteiger partial charge in [0.15, 0.2) is 5.82 Å². The Bertz CT molecular complexity index is 931. The van der Waals surface area contributed by atoms with Gasteiger partial charge in [-0.25, -0.2) is 0 Å². The first-order valence-electron chi connectivity index (χ1n) is 9.24. The molecule has 1 unspecified atom stereocenters. The zero-order valence-electron chi connectivity index (χ0n) is 15.3. The summed E-state index contributed by atoms with van der Waals surface area (Å²) in [7, 11) is 0. The van der Waals surface area contributed by atoms with Gasteiger partial charge < -0.3 is 10.2 Å². The standard InChI is InChI=1S/C21H20ClN5O/c22-17-5-7-18(8-6-17)24-21(28)16-4-2-12-27(14-16)20-10-9-19(25-26-20)15-3-1-11-23-13-15/h1,3,5-11,13,16H,2,4,12,14H2,(H,24,28). The van der Waals surface area contributed by atoms with Crippen molar-refractivity contribution in [3.05, 3.63) is 65.9 Å². The summed E-state index contributed by atoms with van der Waals surface area (Å²) >= 11 is 5.90. The molecule has 1 amide bonds. The minimum atomic E-state index is -0.0933. The minimum Gasteiger partial charge on any atom is -0.354 e. The second kappa shape index (κ2) is 8.35. The van der Waals surface area contributed by atoms with Gasteiger partial charge in [-0.05, 0) is 61.4 Å². The van der Waals surface area contributed by atoms with E-state index in [1.165, 1.54) is 0 Å². The summed E-state index contributed by atoms with van der Waals surface area (Å²) in [6.45, 7) is 1.49. The highest BCUT2D eigenvalue weighted by Crippen LogP contribution is 2.24. The summed E-state index contributed by atoms with van der Waals surface area (Å²) in [5, 5.41) is 12.3. The molecule has 1 N–H and O–H groups in total. The Balaban J connectivity index is 1.42. The van der Waals surface area contributed by atoms with E-state index in [-0.39, 0.29) is 11.8 Å². The van der Waals surface area contributed by atoms with Crippen LogP contribution in [0.5, 0.6) is 0 Å². The summed E-state index contributed by atoms with van der Waals surface area (Å²) in [6, 6.07) is 14.9. The van der Waals surface area contributed by atoms with E-state index in [4.69, 9.17) is 11.6 Å². The number of aromatic nitrogens is 3. The summed E-state index contributed by atoms with van der Waals surface area (Å²) in [5.41, 5.74) is 2.47. The molecule has 1 aliphatic heterocycles. The number of piperidine rings is 1. The summed E-state index contributed by atoms with van der Waals surface area (Å²) in [4.78, 5) is 18.9. The molecule has 1 aromatic carbocycles. The van der Waals surface area contributed by atoms with Crippen molar-refractivity contribution in [2.75, 3.05) is 23.3 Å². The zero-order chi connectivity index (χ0) is 19.3. The topological polar surface area (TPSA) is 71.0 Å². The van der Waals surface area contributed by atoms with Crippen LogP contribution >= 0.6 is 11.6 Å². The quantitative estimate of drug-likeness (QED) is 0.724. The predicted octanol–water partition coefficient (Wildman–Crippen LogP) is 4.05. The first-order chi connectivity index (χ1) is 13.7. The Kier molecular flexibility index (Phi) is 5.48. The normalized spacial score (nSPS) is 16.6. The maximum absolute atomic E-state index is 12.7. The van der Waals surface area contributed by atoms with Crippen LogP contribution in [0, 0.1) is 5.92 Å². The molecule has 3 aromatic rings. The molecule has 6 nitrogen and oxygen atoms in total. The Morgan fingerprint density at radius 2 is 1.96 bits per heavy atom. The average molecular weight is 394 g/mol. The molecule has 0 saturated carbocycles. The van der Waals surface area contributed by atoms with Crippen molar-refractivity contribution in [1.82, 2.24) is 15.2 Å². The molecular formula is C21H20ClN5O. The molecule has 3 heterocycles. The van der Waals surface area contributed by atoms with Crippen molar-refractivity contribution in [3.8, 4) is 11.3 Å². The maximum atomic E-state index is 12.7. The number of pyridine rings is 1. The fourth-order valence-electron chi connectivity index (χ4n) is 3.34.